The smallest absolute Gasteiger partial charge is 0.242 e. The highest BCUT2D eigenvalue weighted by molar-refractivity contribution is 5.21. The second-order valence-corrected chi connectivity index (χ2v) is 4.54. The predicted molar refractivity (Wildman–Crippen MR) is 58.5 cm³/mol. The Labute approximate surface area is 90.2 Å². The van der Waals surface area contributed by atoms with Gasteiger partial charge >= 0.3 is 0 Å². The average Bonchev–Trinajstić information content (AvgIpc) is 2.85. The van der Waals surface area contributed by atoms with Gasteiger partial charge in [-0.1, -0.05) is 24.9 Å². The largest absolute Gasteiger partial charge is 0.353 e. The number of tetrazole rings is 1. The molecule has 0 saturated heterocycles. The summed E-state index contributed by atoms with van der Waals surface area (Å²) in [5.41, 5.74) is 0.478. The van der Waals surface area contributed by atoms with Crippen molar-refractivity contribution in [3.05, 3.63) is 0 Å². The van der Waals surface area contributed by atoms with E-state index in [1.165, 1.54) is 32.1 Å². The lowest BCUT2D eigenvalue weighted by Gasteiger charge is -2.27. The zero-order valence-corrected chi connectivity index (χ0v) is 9.53. The lowest BCUT2D eigenvalue weighted by molar-refractivity contribution is 0.306. The monoisotopic (exact) mass is 209 g/mol. The van der Waals surface area contributed by atoms with Crippen LogP contribution in [0.1, 0.15) is 39.0 Å². The van der Waals surface area contributed by atoms with Crippen molar-refractivity contribution in [2.75, 3.05) is 11.9 Å². The molecule has 15 heavy (non-hydrogen) atoms. The van der Waals surface area contributed by atoms with Crippen molar-refractivity contribution < 1.29 is 0 Å². The minimum atomic E-state index is 0.478. The number of aromatic nitrogens is 4. The second-order valence-electron chi connectivity index (χ2n) is 4.54. The standard InChI is InChI=1S/C10H19N5/c1-3-10(6-4-5-7-10)8-11-9-12-13-14-15(9)2/h3-8H2,1-2H3,(H,11,12,14). The maximum absolute atomic E-state index is 3.93. The summed E-state index contributed by atoms with van der Waals surface area (Å²) in [5.74, 6) is 0.773. The minimum absolute atomic E-state index is 0.478. The van der Waals surface area contributed by atoms with E-state index in [1.807, 2.05) is 7.05 Å². The lowest BCUT2D eigenvalue weighted by Crippen LogP contribution is -2.26. The van der Waals surface area contributed by atoms with Crippen LogP contribution in [0.5, 0.6) is 0 Å². The maximum Gasteiger partial charge on any atom is 0.242 e. The van der Waals surface area contributed by atoms with Crippen molar-refractivity contribution in [1.82, 2.24) is 20.2 Å². The molecule has 0 atom stereocenters. The molecular weight excluding hydrogens is 190 g/mol. The summed E-state index contributed by atoms with van der Waals surface area (Å²) < 4.78 is 1.68. The van der Waals surface area contributed by atoms with Crippen molar-refractivity contribution in [1.29, 1.82) is 0 Å². The summed E-state index contributed by atoms with van der Waals surface area (Å²) in [5, 5.41) is 14.7. The summed E-state index contributed by atoms with van der Waals surface area (Å²) >= 11 is 0. The van der Waals surface area contributed by atoms with Crippen molar-refractivity contribution in [3.63, 3.8) is 0 Å². The molecule has 1 aliphatic rings. The van der Waals surface area contributed by atoms with Gasteiger partial charge < -0.3 is 5.32 Å². The Hall–Kier alpha value is -1.13. The highest BCUT2D eigenvalue weighted by Crippen LogP contribution is 2.40. The molecule has 0 spiro atoms. The van der Waals surface area contributed by atoms with E-state index in [0.717, 1.165) is 12.5 Å². The zero-order valence-electron chi connectivity index (χ0n) is 9.53. The number of hydrogen-bond donors (Lipinski definition) is 1. The van der Waals surface area contributed by atoms with E-state index in [1.54, 1.807) is 4.68 Å². The van der Waals surface area contributed by atoms with Gasteiger partial charge in [0.05, 0.1) is 0 Å². The number of rotatable bonds is 4. The summed E-state index contributed by atoms with van der Waals surface area (Å²) in [4.78, 5) is 0. The van der Waals surface area contributed by atoms with Gasteiger partial charge in [-0.05, 0) is 35.1 Å². The van der Waals surface area contributed by atoms with Gasteiger partial charge in [0.15, 0.2) is 0 Å². The normalized spacial score (nSPS) is 19.3. The molecule has 1 aromatic rings. The molecule has 1 heterocycles. The molecule has 1 fully saturated rings. The number of nitrogens with one attached hydrogen (secondary N) is 1. The average molecular weight is 209 g/mol. The summed E-state index contributed by atoms with van der Waals surface area (Å²) in [6.45, 7) is 3.28. The zero-order chi connectivity index (χ0) is 10.7. The van der Waals surface area contributed by atoms with Gasteiger partial charge in [-0.2, -0.15) is 0 Å². The van der Waals surface area contributed by atoms with E-state index in [0.29, 0.717) is 5.41 Å². The van der Waals surface area contributed by atoms with Crippen molar-refractivity contribution >= 4 is 5.95 Å². The second kappa shape index (κ2) is 4.16. The van der Waals surface area contributed by atoms with Crippen LogP contribution in [0.25, 0.3) is 0 Å². The number of hydrogen-bond acceptors (Lipinski definition) is 4. The Morgan fingerprint density at radius 3 is 2.67 bits per heavy atom. The van der Waals surface area contributed by atoms with Crippen LogP contribution < -0.4 is 5.32 Å². The Bertz CT molecular complexity index is 313. The van der Waals surface area contributed by atoms with Crippen molar-refractivity contribution in [3.8, 4) is 0 Å². The molecule has 2 rings (SSSR count). The third-order valence-corrected chi connectivity index (χ3v) is 3.66. The Kier molecular flexibility index (Phi) is 2.88. The molecule has 0 aliphatic heterocycles. The predicted octanol–water partition coefficient (Wildman–Crippen LogP) is 1.59. The Morgan fingerprint density at radius 2 is 2.13 bits per heavy atom. The van der Waals surface area contributed by atoms with Crippen LogP contribution in [0.2, 0.25) is 0 Å². The molecule has 84 valence electrons. The van der Waals surface area contributed by atoms with E-state index < -0.39 is 0 Å². The van der Waals surface area contributed by atoms with Crippen LogP contribution >= 0.6 is 0 Å². The third kappa shape index (κ3) is 2.11. The topological polar surface area (TPSA) is 55.6 Å². The van der Waals surface area contributed by atoms with Crippen molar-refractivity contribution in [2.45, 2.75) is 39.0 Å². The van der Waals surface area contributed by atoms with Crippen LogP contribution in [0, 0.1) is 5.41 Å². The van der Waals surface area contributed by atoms with E-state index in [-0.39, 0.29) is 0 Å². The van der Waals surface area contributed by atoms with Gasteiger partial charge in [0.1, 0.15) is 0 Å². The molecule has 0 radical (unpaired) electrons. The quantitative estimate of drug-likeness (QED) is 0.818. The molecule has 5 nitrogen and oxygen atoms in total. The highest BCUT2D eigenvalue weighted by atomic mass is 15.6. The van der Waals surface area contributed by atoms with Crippen LogP contribution in [-0.4, -0.2) is 26.8 Å². The first kappa shape index (κ1) is 10.4. The van der Waals surface area contributed by atoms with Gasteiger partial charge in [0, 0.05) is 13.6 Å². The summed E-state index contributed by atoms with van der Waals surface area (Å²) in [6, 6.07) is 0. The molecule has 5 heteroatoms. The molecule has 0 aromatic carbocycles. The van der Waals surface area contributed by atoms with E-state index in [9.17, 15) is 0 Å². The van der Waals surface area contributed by atoms with Gasteiger partial charge in [-0.25, -0.2) is 4.68 Å². The van der Waals surface area contributed by atoms with Crippen LogP contribution in [0.15, 0.2) is 0 Å². The summed E-state index contributed by atoms with van der Waals surface area (Å²) in [7, 11) is 1.86. The van der Waals surface area contributed by atoms with Crippen LogP contribution in [0.4, 0.5) is 5.95 Å². The van der Waals surface area contributed by atoms with E-state index >= 15 is 0 Å². The summed E-state index contributed by atoms with van der Waals surface area (Å²) in [6.07, 6.45) is 6.65. The lowest BCUT2D eigenvalue weighted by atomic mass is 9.83. The van der Waals surface area contributed by atoms with Gasteiger partial charge in [0.25, 0.3) is 0 Å². The highest BCUT2D eigenvalue weighted by Gasteiger charge is 2.31. The Balaban J connectivity index is 1.94. The van der Waals surface area contributed by atoms with Crippen molar-refractivity contribution in [2.24, 2.45) is 12.5 Å². The maximum atomic E-state index is 3.93. The fourth-order valence-corrected chi connectivity index (χ4v) is 2.43. The first-order valence-electron chi connectivity index (χ1n) is 5.72. The molecule has 1 aliphatic carbocycles. The molecular formula is C10H19N5. The SMILES string of the molecule is CCC1(CNc2nnnn2C)CCCC1. The molecule has 1 saturated carbocycles. The number of aryl methyl sites for hydroxylation is 1. The molecule has 0 amide bonds. The van der Waals surface area contributed by atoms with Crippen LogP contribution in [-0.2, 0) is 7.05 Å². The van der Waals surface area contributed by atoms with Gasteiger partial charge in [-0.3, -0.25) is 0 Å². The van der Waals surface area contributed by atoms with E-state index in [2.05, 4.69) is 27.8 Å². The fourth-order valence-electron chi connectivity index (χ4n) is 2.43. The number of nitrogens with zero attached hydrogens (tertiary/aromatic N) is 4. The number of anilines is 1. The van der Waals surface area contributed by atoms with E-state index in [4.69, 9.17) is 0 Å². The molecule has 0 bridgehead atoms. The Morgan fingerprint density at radius 1 is 1.40 bits per heavy atom. The third-order valence-electron chi connectivity index (χ3n) is 3.66. The minimum Gasteiger partial charge on any atom is -0.353 e. The first-order valence-corrected chi connectivity index (χ1v) is 5.72. The van der Waals surface area contributed by atoms with Gasteiger partial charge in [0.2, 0.25) is 5.95 Å². The molecule has 0 unspecified atom stereocenters. The fraction of sp³-hybridized carbons (Fsp3) is 0.900. The molecule has 1 aromatic heterocycles. The van der Waals surface area contributed by atoms with Crippen LogP contribution in [0.3, 0.4) is 0 Å². The molecule has 1 N–H and O–H groups in total. The first-order chi connectivity index (χ1) is 7.26. The van der Waals surface area contributed by atoms with Gasteiger partial charge in [-0.15, -0.1) is 0 Å².